The van der Waals surface area contributed by atoms with Crippen LogP contribution in [0.15, 0.2) is 70.6 Å². The molecule has 2 aromatic heterocycles. The summed E-state index contributed by atoms with van der Waals surface area (Å²) in [6.45, 7) is 1.90. The Morgan fingerprint density at radius 1 is 1.17 bits per heavy atom. The lowest BCUT2D eigenvalue weighted by Gasteiger charge is -2.09. The van der Waals surface area contributed by atoms with Gasteiger partial charge in [-0.3, -0.25) is 14.2 Å². The molecule has 2 heterocycles. The van der Waals surface area contributed by atoms with Crippen LogP contribution in [0.25, 0.3) is 21.3 Å². The maximum absolute atomic E-state index is 13.2. The second-order valence-corrected chi connectivity index (χ2v) is 8.62. The summed E-state index contributed by atoms with van der Waals surface area (Å²) in [5.41, 5.74) is 2.38. The number of aryl methyl sites for hydroxylation is 1. The van der Waals surface area contributed by atoms with E-state index in [1.165, 1.54) is 22.2 Å². The number of nitrogens with zero attached hydrogens (tertiary/aromatic N) is 2. The van der Waals surface area contributed by atoms with E-state index in [2.05, 4.69) is 10.3 Å². The van der Waals surface area contributed by atoms with Crippen LogP contribution in [0.4, 0.5) is 5.69 Å². The Bertz CT molecular complexity index is 1250. The molecule has 0 fully saturated rings. The summed E-state index contributed by atoms with van der Waals surface area (Å²) in [7, 11) is 0. The molecule has 146 valence electrons. The van der Waals surface area contributed by atoms with Crippen LogP contribution in [0.5, 0.6) is 0 Å². The molecule has 7 heteroatoms. The molecule has 0 radical (unpaired) electrons. The van der Waals surface area contributed by atoms with Crippen LogP contribution >= 0.6 is 23.1 Å². The highest BCUT2D eigenvalue weighted by atomic mass is 32.2. The van der Waals surface area contributed by atoms with Gasteiger partial charge in [-0.1, -0.05) is 36.4 Å². The number of benzene rings is 2. The molecule has 0 aliphatic rings. The van der Waals surface area contributed by atoms with Crippen LogP contribution < -0.4 is 10.9 Å². The van der Waals surface area contributed by atoms with Gasteiger partial charge in [0.05, 0.1) is 11.7 Å². The zero-order valence-corrected chi connectivity index (χ0v) is 17.6. The molecule has 0 bridgehead atoms. The lowest BCUT2D eigenvalue weighted by Crippen LogP contribution is -2.27. The van der Waals surface area contributed by atoms with Gasteiger partial charge in [0.2, 0.25) is 5.91 Å². The third-order valence-electron chi connectivity index (χ3n) is 4.58. The SMILES string of the molecule is CSc1cccc(NC(=O)Cn2cnc3sc(C)c(-c4ccccc4)c3c2=O)c1. The zero-order chi connectivity index (χ0) is 20.4. The van der Waals surface area contributed by atoms with Crippen molar-refractivity contribution >= 4 is 44.9 Å². The van der Waals surface area contributed by atoms with Gasteiger partial charge in [-0.15, -0.1) is 23.1 Å². The number of thiophene rings is 1. The van der Waals surface area contributed by atoms with Gasteiger partial charge in [0.15, 0.2) is 0 Å². The Morgan fingerprint density at radius 2 is 1.97 bits per heavy atom. The lowest BCUT2D eigenvalue weighted by molar-refractivity contribution is -0.116. The second kappa shape index (κ2) is 8.23. The number of anilines is 1. The van der Waals surface area contributed by atoms with E-state index in [1.54, 1.807) is 11.8 Å². The van der Waals surface area contributed by atoms with Gasteiger partial charge in [-0.05, 0) is 36.9 Å². The largest absolute Gasteiger partial charge is 0.324 e. The molecule has 0 aliphatic carbocycles. The fraction of sp³-hybridized carbons (Fsp3) is 0.136. The van der Waals surface area contributed by atoms with Crippen molar-refractivity contribution < 1.29 is 4.79 Å². The van der Waals surface area contributed by atoms with E-state index in [0.717, 1.165) is 20.9 Å². The summed E-state index contributed by atoms with van der Waals surface area (Å²) >= 11 is 3.10. The van der Waals surface area contributed by atoms with Gasteiger partial charge < -0.3 is 5.32 Å². The summed E-state index contributed by atoms with van der Waals surface area (Å²) in [4.78, 5) is 32.9. The predicted octanol–water partition coefficient (Wildman–Crippen LogP) is 4.79. The van der Waals surface area contributed by atoms with Gasteiger partial charge >= 0.3 is 0 Å². The third kappa shape index (κ3) is 3.97. The number of rotatable bonds is 5. The van der Waals surface area contributed by atoms with Crippen molar-refractivity contribution in [1.82, 2.24) is 9.55 Å². The van der Waals surface area contributed by atoms with Crippen LogP contribution in [0.2, 0.25) is 0 Å². The average Bonchev–Trinajstić information content (AvgIpc) is 3.07. The van der Waals surface area contributed by atoms with Crippen molar-refractivity contribution in [3.8, 4) is 11.1 Å². The van der Waals surface area contributed by atoms with Crippen molar-refractivity contribution in [3.05, 3.63) is 76.2 Å². The van der Waals surface area contributed by atoms with Gasteiger partial charge in [-0.25, -0.2) is 4.98 Å². The van der Waals surface area contributed by atoms with E-state index in [9.17, 15) is 9.59 Å². The van der Waals surface area contributed by atoms with Crippen LogP contribution in [0.3, 0.4) is 0 Å². The van der Waals surface area contributed by atoms with Crippen molar-refractivity contribution in [2.75, 3.05) is 11.6 Å². The van der Waals surface area contributed by atoms with Gasteiger partial charge in [0.25, 0.3) is 5.56 Å². The summed E-state index contributed by atoms with van der Waals surface area (Å²) in [6.07, 6.45) is 3.43. The first-order valence-corrected chi connectivity index (χ1v) is 11.1. The van der Waals surface area contributed by atoms with Crippen molar-refractivity contribution in [1.29, 1.82) is 0 Å². The molecule has 0 unspecified atom stereocenters. The minimum Gasteiger partial charge on any atom is -0.324 e. The van der Waals surface area contributed by atoms with Gasteiger partial charge in [0, 0.05) is 21.0 Å². The molecule has 0 aliphatic heterocycles. The average molecular weight is 422 g/mol. The molecular formula is C22H19N3O2S2. The number of aromatic nitrogens is 2. The molecule has 0 spiro atoms. The van der Waals surface area contributed by atoms with E-state index >= 15 is 0 Å². The first-order chi connectivity index (χ1) is 14.1. The summed E-state index contributed by atoms with van der Waals surface area (Å²) in [5.74, 6) is -0.264. The molecule has 1 N–H and O–H groups in total. The molecular weight excluding hydrogens is 402 g/mol. The van der Waals surface area contributed by atoms with E-state index in [1.807, 2.05) is 67.8 Å². The number of nitrogens with one attached hydrogen (secondary N) is 1. The number of fused-ring (bicyclic) bond motifs is 1. The molecule has 0 saturated carbocycles. The number of amides is 1. The molecule has 0 saturated heterocycles. The van der Waals surface area contributed by atoms with Gasteiger partial charge in [0.1, 0.15) is 11.4 Å². The second-order valence-electron chi connectivity index (χ2n) is 6.54. The molecule has 2 aromatic carbocycles. The predicted molar refractivity (Wildman–Crippen MR) is 121 cm³/mol. The smallest absolute Gasteiger partial charge is 0.263 e. The van der Waals surface area contributed by atoms with E-state index in [4.69, 9.17) is 0 Å². The monoisotopic (exact) mass is 421 g/mol. The van der Waals surface area contributed by atoms with E-state index in [-0.39, 0.29) is 18.0 Å². The Kier molecular flexibility index (Phi) is 5.51. The molecule has 4 rings (SSSR count). The van der Waals surface area contributed by atoms with Gasteiger partial charge in [-0.2, -0.15) is 0 Å². The Labute approximate surface area is 176 Å². The fourth-order valence-corrected chi connectivity index (χ4v) is 4.72. The summed E-state index contributed by atoms with van der Waals surface area (Å²) in [6, 6.07) is 17.4. The lowest BCUT2D eigenvalue weighted by atomic mass is 10.0. The van der Waals surface area contributed by atoms with E-state index in [0.29, 0.717) is 15.9 Å². The highest BCUT2D eigenvalue weighted by Crippen LogP contribution is 2.35. The Hall–Kier alpha value is -2.90. The fourth-order valence-electron chi connectivity index (χ4n) is 3.26. The molecule has 29 heavy (non-hydrogen) atoms. The molecule has 5 nitrogen and oxygen atoms in total. The number of hydrogen-bond donors (Lipinski definition) is 1. The Balaban J connectivity index is 1.67. The van der Waals surface area contributed by atoms with Crippen LogP contribution in [0.1, 0.15) is 4.88 Å². The van der Waals surface area contributed by atoms with E-state index < -0.39 is 0 Å². The maximum atomic E-state index is 13.2. The normalized spacial score (nSPS) is 11.0. The summed E-state index contributed by atoms with van der Waals surface area (Å²) in [5, 5.41) is 3.42. The van der Waals surface area contributed by atoms with Crippen LogP contribution in [-0.4, -0.2) is 21.7 Å². The molecule has 1 amide bonds. The molecule has 4 aromatic rings. The topological polar surface area (TPSA) is 64.0 Å². The number of hydrogen-bond acceptors (Lipinski definition) is 5. The van der Waals surface area contributed by atoms with Crippen molar-refractivity contribution in [3.63, 3.8) is 0 Å². The maximum Gasteiger partial charge on any atom is 0.263 e. The highest BCUT2D eigenvalue weighted by molar-refractivity contribution is 7.98. The first kappa shape index (κ1) is 19.4. The minimum absolute atomic E-state index is 0.0889. The molecule has 0 atom stereocenters. The quantitative estimate of drug-likeness (QED) is 0.471. The zero-order valence-electron chi connectivity index (χ0n) is 16.0. The first-order valence-electron chi connectivity index (χ1n) is 9.04. The minimum atomic E-state index is -0.264. The third-order valence-corrected chi connectivity index (χ3v) is 6.32. The summed E-state index contributed by atoms with van der Waals surface area (Å²) < 4.78 is 1.37. The standard InChI is InChI=1S/C22H19N3O2S2/c1-14-19(15-7-4-3-5-8-15)20-21(29-14)23-13-25(22(20)27)12-18(26)24-16-9-6-10-17(11-16)28-2/h3-11,13H,12H2,1-2H3,(H,24,26). The highest BCUT2D eigenvalue weighted by Gasteiger charge is 2.17. The Morgan fingerprint density at radius 3 is 2.72 bits per heavy atom. The number of carbonyl (C=O) groups excluding carboxylic acids is 1. The van der Waals surface area contributed by atoms with Crippen LogP contribution in [0, 0.1) is 6.92 Å². The van der Waals surface area contributed by atoms with Crippen molar-refractivity contribution in [2.24, 2.45) is 0 Å². The number of thioether (sulfide) groups is 1. The van der Waals surface area contributed by atoms with Crippen LogP contribution in [-0.2, 0) is 11.3 Å². The number of carbonyl (C=O) groups is 1. The van der Waals surface area contributed by atoms with Crippen molar-refractivity contribution in [2.45, 2.75) is 18.4 Å².